The van der Waals surface area contributed by atoms with Crippen LogP contribution in [0.5, 0.6) is 0 Å². The topological polar surface area (TPSA) is 46.2 Å². The molecule has 0 spiro atoms. The second-order valence-corrected chi connectivity index (χ2v) is 7.54. The van der Waals surface area contributed by atoms with Crippen molar-refractivity contribution in [3.8, 4) is 0 Å². The van der Waals surface area contributed by atoms with E-state index in [0.717, 1.165) is 12.1 Å². The Labute approximate surface area is 103 Å². The molecule has 1 fully saturated rings. The summed E-state index contributed by atoms with van der Waals surface area (Å²) < 4.78 is 23.9. The van der Waals surface area contributed by atoms with Gasteiger partial charge in [-0.1, -0.05) is 32.9 Å². The number of hydrogen-bond acceptors (Lipinski definition) is 3. The molecule has 0 aromatic heterocycles. The van der Waals surface area contributed by atoms with Gasteiger partial charge < -0.3 is 5.32 Å². The number of anilines is 1. The second kappa shape index (κ2) is 4.02. The molecule has 1 unspecified atom stereocenters. The van der Waals surface area contributed by atoms with Crippen LogP contribution in [0.1, 0.15) is 27.2 Å². The maximum Gasteiger partial charge on any atom is 0.180 e. The van der Waals surface area contributed by atoms with Crippen LogP contribution in [0, 0.1) is 5.41 Å². The molecule has 0 heterocycles. The summed E-state index contributed by atoms with van der Waals surface area (Å²) in [5.74, 6) is 0.139. The van der Waals surface area contributed by atoms with E-state index in [4.69, 9.17) is 0 Å². The highest BCUT2D eigenvalue weighted by Gasteiger charge is 2.46. The minimum absolute atomic E-state index is 0.139. The third-order valence-corrected chi connectivity index (χ3v) is 5.23. The molecule has 1 aromatic rings. The number of sulfone groups is 1. The van der Waals surface area contributed by atoms with E-state index in [9.17, 15) is 8.42 Å². The lowest BCUT2D eigenvalue weighted by atomic mass is 10.2. The first-order chi connectivity index (χ1) is 7.87. The van der Waals surface area contributed by atoms with Crippen molar-refractivity contribution >= 4 is 15.5 Å². The van der Waals surface area contributed by atoms with Gasteiger partial charge in [0.05, 0.1) is 16.3 Å². The van der Waals surface area contributed by atoms with Crippen LogP contribution in [0.4, 0.5) is 5.69 Å². The van der Waals surface area contributed by atoms with Gasteiger partial charge in [0, 0.05) is 6.04 Å². The Kier molecular flexibility index (Phi) is 2.94. The fourth-order valence-electron chi connectivity index (χ4n) is 1.91. The lowest BCUT2D eigenvalue weighted by molar-refractivity contribution is 0.597. The summed E-state index contributed by atoms with van der Waals surface area (Å²) >= 11 is 0. The minimum Gasteiger partial charge on any atom is -0.381 e. The maximum atomic E-state index is 11.9. The molecule has 1 atom stereocenters. The summed E-state index contributed by atoms with van der Waals surface area (Å²) in [5, 5.41) is 3.34. The third-order valence-electron chi connectivity index (χ3n) is 3.45. The Morgan fingerprint density at radius 3 is 2.47 bits per heavy atom. The van der Waals surface area contributed by atoms with Gasteiger partial charge in [-0.3, -0.25) is 0 Å². The van der Waals surface area contributed by atoms with E-state index in [1.807, 2.05) is 12.1 Å². The van der Waals surface area contributed by atoms with Crippen LogP contribution < -0.4 is 5.32 Å². The summed E-state index contributed by atoms with van der Waals surface area (Å²) in [5.41, 5.74) is 1.02. The molecule has 1 N–H and O–H groups in total. The molecular weight excluding hydrogens is 234 g/mol. The molecule has 94 valence electrons. The van der Waals surface area contributed by atoms with E-state index in [0.29, 0.717) is 10.9 Å². The first-order valence-corrected chi connectivity index (χ1v) is 7.60. The van der Waals surface area contributed by atoms with Gasteiger partial charge in [0.15, 0.2) is 9.84 Å². The summed E-state index contributed by atoms with van der Waals surface area (Å²) in [6, 6.07) is 7.54. The van der Waals surface area contributed by atoms with Crippen molar-refractivity contribution in [3.63, 3.8) is 0 Å². The van der Waals surface area contributed by atoms with Gasteiger partial charge in [-0.2, -0.15) is 0 Å². The second-order valence-electron chi connectivity index (χ2n) is 5.29. The number of rotatable bonds is 4. The summed E-state index contributed by atoms with van der Waals surface area (Å²) in [4.78, 5) is 0.421. The highest BCUT2D eigenvalue weighted by molar-refractivity contribution is 7.91. The van der Waals surface area contributed by atoms with Crippen LogP contribution in [0.25, 0.3) is 0 Å². The van der Waals surface area contributed by atoms with Gasteiger partial charge in [-0.25, -0.2) is 8.42 Å². The summed E-state index contributed by atoms with van der Waals surface area (Å²) in [7, 11) is -3.15. The Balaban J connectivity index is 2.29. The smallest absolute Gasteiger partial charge is 0.180 e. The normalized spacial score (nSPS) is 22.2. The van der Waals surface area contributed by atoms with Gasteiger partial charge in [0.25, 0.3) is 0 Å². The van der Waals surface area contributed by atoms with E-state index < -0.39 is 9.84 Å². The predicted molar refractivity (Wildman–Crippen MR) is 70.0 cm³/mol. The van der Waals surface area contributed by atoms with Crippen LogP contribution in [-0.2, 0) is 9.84 Å². The molecule has 0 aliphatic heterocycles. The average Bonchev–Trinajstić information content (AvgIpc) is 2.86. The van der Waals surface area contributed by atoms with Crippen LogP contribution in [0.15, 0.2) is 29.2 Å². The van der Waals surface area contributed by atoms with Gasteiger partial charge in [0.2, 0.25) is 0 Å². The predicted octanol–water partition coefficient (Wildman–Crippen LogP) is 2.69. The van der Waals surface area contributed by atoms with Gasteiger partial charge in [0.1, 0.15) is 0 Å². The van der Waals surface area contributed by atoms with E-state index in [-0.39, 0.29) is 11.2 Å². The molecule has 1 aliphatic rings. The van der Waals surface area contributed by atoms with Crippen molar-refractivity contribution in [2.75, 3.05) is 11.1 Å². The van der Waals surface area contributed by atoms with Gasteiger partial charge in [-0.05, 0) is 24.0 Å². The zero-order chi connectivity index (χ0) is 12.7. The van der Waals surface area contributed by atoms with Crippen molar-refractivity contribution in [3.05, 3.63) is 24.3 Å². The van der Waals surface area contributed by atoms with Crippen LogP contribution in [0.2, 0.25) is 0 Å². The first-order valence-electron chi connectivity index (χ1n) is 5.95. The zero-order valence-electron chi connectivity index (χ0n) is 10.5. The van der Waals surface area contributed by atoms with Crippen molar-refractivity contribution in [2.45, 2.75) is 38.1 Å². The fraction of sp³-hybridized carbons (Fsp3) is 0.538. The molecule has 3 nitrogen and oxygen atoms in total. The molecule has 4 heteroatoms. The minimum atomic E-state index is -3.15. The van der Waals surface area contributed by atoms with E-state index >= 15 is 0 Å². The molecule has 0 bridgehead atoms. The number of hydrogen-bond donors (Lipinski definition) is 1. The average molecular weight is 253 g/mol. The SMILES string of the molecule is CCS(=O)(=O)c1ccccc1NC1CC1(C)C. The highest BCUT2D eigenvalue weighted by atomic mass is 32.2. The van der Waals surface area contributed by atoms with Crippen molar-refractivity contribution < 1.29 is 8.42 Å². The van der Waals surface area contributed by atoms with Crippen LogP contribution in [0.3, 0.4) is 0 Å². The molecule has 0 saturated heterocycles. The molecule has 1 aromatic carbocycles. The molecule has 0 amide bonds. The standard InChI is InChI=1S/C13H19NO2S/c1-4-17(15,16)11-8-6-5-7-10(11)14-12-9-13(12,2)3/h5-8,12,14H,4,9H2,1-3H3. The maximum absolute atomic E-state index is 11.9. The lowest BCUT2D eigenvalue weighted by Crippen LogP contribution is -2.13. The number of benzene rings is 1. The zero-order valence-corrected chi connectivity index (χ0v) is 11.3. The third kappa shape index (κ3) is 2.46. The van der Waals surface area contributed by atoms with E-state index in [1.165, 1.54) is 0 Å². The van der Waals surface area contributed by atoms with Gasteiger partial charge in [-0.15, -0.1) is 0 Å². The van der Waals surface area contributed by atoms with Gasteiger partial charge >= 0.3 is 0 Å². The Bertz CT molecular complexity index is 520. The van der Waals surface area contributed by atoms with Crippen molar-refractivity contribution in [1.82, 2.24) is 0 Å². The molecular formula is C13H19NO2S. The largest absolute Gasteiger partial charge is 0.381 e. The highest BCUT2D eigenvalue weighted by Crippen LogP contribution is 2.47. The quantitative estimate of drug-likeness (QED) is 0.897. The van der Waals surface area contributed by atoms with E-state index in [2.05, 4.69) is 19.2 Å². The summed E-state index contributed by atoms with van der Waals surface area (Å²) in [6.07, 6.45) is 1.09. The Hall–Kier alpha value is -1.03. The molecule has 1 saturated carbocycles. The van der Waals surface area contributed by atoms with Crippen molar-refractivity contribution in [1.29, 1.82) is 0 Å². The monoisotopic (exact) mass is 253 g/mol. The molecule has 2 rings (SSSR count). The van der Waals surface area contributed by atoms with Crippen LogP contribution >= 0.6 is 0 Å². The Morgan fingerprint density at radius 2 is 1.94 bits per heavy atom. The number of para-hydroxylation sites is 1. The molecule has 1 aliphatic carbocycles. The fourth-order valence-corrected chi connectivity index (χ4v) is 2.97. The molecule has 17 heavy (non-hydrogen) atoms. The lowest BCUT2D eigenvalue weighted by Gasteiger charge is -2.12. The first kappa shape index (κ1) is 12.4. The number of nitrogens with one attached hydrogen (secondary N) is 1. The van der Waals surface area contributed by atoms with Crippen molar-refractivity contribution in [2.24, 2.45) is 5.41 Å². The van der Waals surface area contributed by atoms with Crippen LogP contribution in [-0.4, -0.2) is 20.2 Å². The summed E-state index contributed by atoms with van der Waals surface area (Å²) in [6.45, 7) is 6.04. The molecule has 0 radical (unpaired) electrons. The van der Waals surface area contributed by atoms with E-state index in [1.54, 1.807) is 19.1 Å². The Morgan fingerprint density at radius 1 is 1.35 bits per heavy atom.